The Morgan fingerprint density at radius 3 is 2.43 bits per heavy atom. The molecule has 1 aromatic heterocycles. The Hall–Kier alpha value is -0.880. The Labute approximate surface area is 128 Å². The molecule has 1 fully saturated rings. The molecule has 1 aliphatic rings. The maximum absolute atomic E-state index is 13.0. The number of nitrogens with zero attached hydrogens (tertiary/aromatic N) is 3. The van der Waals surface area contributed by atoms with Gasteiger partial charge in [0, 0.05) is 24.8 Å². The summed E-state index contributed by atoms with van der Waals surface area (Å²) in [5.41, 5.74) is 0.595. The maximum Gasteiger partial charge on any atom is 0.246 e. The number of aryl methyl sites for hydroxylation is 1. The van der Waals surface area contributed by atoms with E-state index in [1.807, 2.05) is 20.8 Å². The highest BCUT2D eigenvalue weighted by molar-refractivity contribution is 7.89. The number of aromatic nitrogens is 2. The van der Waals surface area contributed by atoms with E-state index in [0.717, 1.165) is 25.7 Å². The summed E-state index contributed by atoms with van der Waals surface area (Å²) in [5, 5.41) is 4.35. The van der Waals surface area contributed by atoms with Crippen molar-refractivity contribution < 1.29 is 8.42 Å². The average molecular weight is 313 g/mol. The van der Waals surface area contributed by atoms with Gasteiger partial charge in [0.05, 0.1) is 5.69 Å². The number of sulfonamides is 1. The second kappa shape index (κ2) is 6.48. The lowest BCUT2D eigenvalue weighted by Crippen LogP contribution is -2.41. The van der Waals surface area contributed by atoms with E-state index in [0.29, 0.717) is 17.1 Å². The predicted molar refractivity (Wildman–Crippen MR) is 83.8 cm³/mol. The molecule has 0 bridgehead atoms. The van der Waals surface area contributed by atoms with Gasteiger partial charge in [-0.15, -0.1) is 0 Å². The Morgan fingerprint density at radius 1 is 1.33 bits per heavy atom. The zero-order valence-corrected chi connectivity index (χ0v) is 14.4. The first-order valence-electron chi connectivity index (χ1n) is 7.95. The minimum atomic E-state index is -3.44. The Morgan fingerprint density at radius 2 is 1.95 bits per heavy atom. The fourth-order valence-electron chi connectivity index (χ4n) is 3.10. The van der Waals surface area contributed by atoms with Crippen LogP contribution in [-0.4, -0.2) is 35.1 Å². The summed E-state index contributed by atoms with van der Waals surface area (Å²) < 4.78 is 29.4. The average Bonchev–Trinajstić information content (AvgIpc) is 2.83. The van der Waals surface area contributed by atoms with Crippen LogP contribution >= 0.6 is 0 Å². The van der Waals surface area contributed by atoms with E-state index in [1.54, 1.807) is 22.1 Å². The third-order valence-electron chi connectivity index (χ3n) is 4.28. The van der Waals surface area contributed by atoms with E-state index in [2.05, 4.69) is 5.10 Å². The van der Waals surface area contributed by atoms with Gasteiger partial charge in [-0.05, 0) is 33.6 Å². The van der Waals surface area contributed by atoms with E-state index in [1.165, 1.54) is 6.42 Å². The fourth-order valence-corrected chi connectivity index (χ4v) is 4.95. The Kier molecular flexibility index (Phi) is 5.09. The topological polar surface area (TPSA) is 55.2 Å². The van der Waals surface area contributed by atoms with Crippen molar-refractivity contribution in [2.45, 2.75) is 76.8 Å². The van der Waals surface area contributed by atoms with Crippen molar-refractivity contribution in [1.29, 1.82) is 0 Å². The van der Waals surface area contributed by atoms with E-state index < -0.39 is 10.0 Å². The molecular formula is C15H27N3O2S. The normalized spacial score (nSPS) is 17.8. The van der Waals surface area contributed by atoms with Gasteiger partial charge < -0.3 is 0 Å². The second-order valence-electron chi connectivity index (χ2n) is 6.15. The third-order valence-corrected chi connectivity index (χ3v) is 6.41. The van der Waals surface area contributed by atoms with Crippen molar-refractivity contribution in [3.63, 3.8) is 0 Å². The van der Waals surface area contributed by atoms with Crippen LogP contribution in [0.1, 0.15) is 64.6 Å². The lowest BCUT2D eigenvalue weighted by Gasteiger charge is -2.32. The quantitative estimate of drug-likeness (QED) is 0.839. The minimum Gasteiger partial charge on any atom is -0.269 e. The summed E-state index contributed by atoms with van der Waals surface area (Å²) in [6.07, 6.45) is 7.11. The number of hydrogen-bond donors (Lipinski definition) is 0. The Balaban J connectivity index is 2.34. The molecule has 5 nitrogen and oxygen atoms in total. The van der Waals surface area contributed by atoms with Gasteiger partial charge in [-0.25, -0.2) is 8.42 Å². The van der Waals surface area contributed by atoms with Crippen LogP contribution in [0.4, 0.5) is 0 Å². The van der Waals surface area contributed by atoms with Gasteiger partial charge in [0.15, 0.2) is 0 Å². The maximum atomic E-state index is 13.0. The van der Waals surface area contributed by atoms with Crippen molar-refractivity contribution >= 4 is 10.0 Å². The molecule has 2 rings (SSSR count). The van der Waals surface area contributed by atoms with Crippen molar-refractivity contribution in [1.82, 2.24) is 14.1 Å². The minimum absolute atomic E-state index is 0.149. The van der Waals surface area contributed by atoms with Crippen LogP contribution in [-0.2, 0) is 10.0 Å². The van der Waals surface area contributed by atoms with E-state index in [9.17, 15) is 8.42 Å². The van der Waals surface area contributed by atoms with Gasteiger partial charge in [-0.2, -0.15) is 9.40 Å². The predicted octanol–water partition coefficient (Wildman–Crippen LogP) is 3.12. The standard InChI is InChI=1S/C15H27N3O2S/c1-5-18(14-9-7-6-8-10-14)21(19,20)15-11-17(12(2)3)16-13(15)4/h11-12,14H,5-10H2,1-4H3. The smallest absolute Gasteiger partial charge is 0.246 e. The first kappa shape index (κ1) is 16.5. The van der Waals surface area contributed by atoms with Gasteiger partial charge in [0.1, 0.15) is 4.90 Å². The van der Waals surface area contributed by atoms with Crippen LogP contribution in [0, 0.1) is 6.92 Å². The summed E-state index contributed by atoms with van der Waals surface area (Å²) >= 11 is 0. The van der Waals surface area contributed by atoms with E-state index >= 15 is 0 Å². The largest absolute Gasteiger partial charge is 0.269 e. The fraction of sp³-hybridized carbons (Fsp3) is 0.800. The van der Waals surface area contributed by atoms with Crippen molar-refractivity contribution in [2.24, 2.45) is 0 Å². The summed E-state index contributed by atoms with van der Waals surface area (Å²) in [5.74, 6) is 0. The molecule has 0 radical (unpaired) electrons. The molecule has 0 aliphatic heterocycles. The monoisotopic (exact) mass is 313 g/mol. The molecule has 0 spiro atoms. The van der Waals surface area contributed by atoms with Crippen molar-refractivity contribution in [2.75, 3.05) is 6.54 Å². The first-order chi connectivity index (χ1) is 9.87. The molecule has 21 heavy (non-hydrogen) atoms. The molecule has 0 unspecified atom stereocenters. The molecule has 0 atom stereocenters. The van der Waals surface area contributed by atoms with Gasteiger partial charge in [0.25, 0.3) is 0 Å². The summed E-state index contributed by atoms with van der Waals surface area (Å²) in [6.45, 7) is 8.23. The highest BCUT2D eigenvalue weighted by Gasteiger charge is 2.33. The third kappa shape index (κ3) is 3.31. The highest BCUT2D eigenvalue weighted by Crippen LogP contribution is 2.29. The van der Waals surface area contributed by atoms with E-state index in [4.69, 9.17) is 0 Å². The van der Waals surface area contributed by atoms with Gasteiger partial charge in [0.2, 0.25) is 10.0 Å². The SMILES string of the molecule is CCN(C1CCCCC1)S(=O)(=O)c1cn(C(C)C)nc1C. The summed E-state index contributed by atoms with van der Waals surface area (Å²) in [7, 11) is -3.44. The molecule has 1 saturated carbocycles. The number of hydrogen-bond acceptors (Lipinski definition) is 3. The molecular weight excluding hydrogens is 286 g/mol. The molecule has 120 valence electrons. The van der Waals surface area contributed by atoms with Crippen molar-refractivity contribution in [3.8, 4) is 0 Å². The van der Waals surface area contributed by atoms with Crippen LogP contribution < -0.4 is 0 Å². The molecule has 0 aromatic carbocycles. The van der Waals surface area contributed by atoms with E-state index in [-0.39, 0.29) is 12.1 Å². The van der Waals surface area contributed by atoms with Crippen molar-refractivity contribution in [3.05, 3.63) is 11.9 Å². The van der Waals surface area contributed by atoms with Gasteiger partial charge in [-0.3, -0.25) is 4.68 Å². The molecule has 1 aromatic rings. The molecule has 0 N–H and O–H groups in total. The van der Waals surface area contributed by atoms with Crippen LogP contribution in [0.3, 0.4) is 0 Å². The van der Waals surface area contributed by atoms with Crippen LogP contribution in [0.2, 0.25) is 0 Å². The molecule has 0 amide bonds. The summed E-state index contributed by atoms with van der Waals surface area (Å²) in [6, 6.07) is 0.313. The van der Waals surface area contributed by atoms with Crippen LogP contribution in [0.25, 0.3) is 0 Å². The lowest BCUT2D eigenvalue weighted by molar-refractivity contribution is 0.261. The zero-order valence-electron chi connectivity index (χ0n) is 13.5. The Bertz CT molecular complexity index is 572. The van der Waals surface area contributed by atoms with Gasteiger partial charge >= 0.3 is 0 Å². The molecule has 1 heterocycles. The zero-order chi connectivity index (χ0) is 15.6. The van der Waals surface area contributed by atoms with Crippen LogP contribution in [0.15, 0.2) is 11.1 Å². The molecule has 1 aliphatic carbocycles. The first-order valence-corrected chi connectivity index (χ1v) is 9.39. The lowest BCUT2D eigenvalue weighted by atomic mass is 9.95. The molecule has 6 heteroatoms. The summed E-state index contributed by atoms with van der Waals surface area (Å²) in [4.78, 5) is 0.364. The number of rotatable bonds is 5. The van der Waals surface area contributed by atoms with Crippen LogP contribution in [0.5, 0.6) is 0 Å². The second-order valence-corrected chi connectivity index (χ2v) is 8.01. The van der Waals surface area contributed by atoms with Gasteiger partial charge in [-0.1, -0.05) is 26.2 Å². The highest BCUT2D eigenvalue weighted by atomic mass is 32.2. The molecule has 0 saturated heterocycles.